The lowest BCUT2D eigenvalue weighted by Crippen LogP contribution is -2.62. The van der Waals surface area contributed by atoms with E-state index >= 15 is 0 Å². The van der Waals surface area contributed by atoms with Crippen molar-refractivity contribution in [2.75, 3.05) is 48.5 Å². The highest BCUT2D eigenvalue weighted by molar-refractivity contribution is 7.80. The molecule has 1 saturated heterocycles. The molecule has 368 valence electrons. The number of benzene rings is 1. The topological polar surface area (TPSA) is 184 Å². The summed E-state index contributed by atoms with van der Waals surface area (Å²) in [7, 11) is 7.71. The van der Waals surface area contributed by atoms with Crippen LogP contribution in [0.25, 0.3) is 0 Å². The Morgan fingerprint density at radius 3 is 2.11 bits per heavy atom. The Morgan fingerprint density at radius 1 is 0.909 bits per heavy atom. The molecular formula is C49H76N6O10S. The van der Waals surface area contributed by atoms with Crippen molar-refractivity contribution in [3.63, 3.8) is 0 Å². The molecule has 17 heteroatoms. The number of nitrogens with one attached hydrogen (secondary N) is 2. The van der Waals surface area contributed by atoms with Gasteiger partial charge in [-0.3, -0.25) is 33.7 Å². The Labute approximate surface area is 397 Å². The van der Waals surface area contributed by atoms with Crippen LogP contribution in [0.5, 0.6) is 0 Å². The lowest BCUT2D eigenvalue weighted by molar-refractivity contribution is -0.149. The number of unbranched alkanes of at least 4 members (excludes halogenated alkanes) is 2. The van der Waals surface area contributed by atoms with E-state index < -0.39 is 47.7 Å². The van der Waals surface area contributed by atoms with E-state index in [2.05, 4.69) is 10.6 Å². The third kappa shape index (κ3) is 14.4. The van der Waals surface area contributed by atoms with Crippen LogP contribution in [0.15, 0.2) is 42.5 Å². The minimum absolute atomic E-state index is 0.0149. The van der Waals surface area contributed by atoms with E-state index in [9.17, 15) is 33.6 Å². The van der Waals surface area contributed by atoms with Gasteiger partial charge < -0.3 is 39.5 Å². The van der Waals surface area contributed by atoms with E-state index in [1.54, 1.807) is 40.0 Å². The van der Waals surface area contributed by atoms with E-state index in [1.165, 1.54) is 36.2 Å². The first kappa shape index (κ1) is 55.6. The Kier molecular flexibility index (Phi) is 21.9. The molecule has 0 radical (unpaired) electrons. The second-order valence-electron chi connectivity index (χ2n) is 18.5. The van der Waals surface area contributed by atoms with Gasteiger partial charge in [-0.2, -0.15) is 0 Å². The molecule has 6 amide bonds. The van der Waals surface area contributed by atoms with Crippen LogP contribution in [0.2, 0.25) is 0 Å². The first-order valence-electron chi connectivity index (χ1n) is 23.3. The molecule has 8 atom stereocenters. The summed E-state index contributed by atoms with van der Waals surface area (Å²) in [4.78, 5) is 99.1. The number of carbonyl (C=O) groups is 7. The molecule has 2 aliphatic heterocycles. The van der Waals surface area contributed by atoms with Crippen LogP contribution in [0, 0.1) is 17.8 Å². The van der Waals surface area contributed by atoms with E-state index in [4.69, 9.17) is 26.4 Å². The summed E-state index contributed by atoms with van der Waals surface area (Å²) in [5.74, 6) is -3.17. The van der Waals surface area contributed by atoms with Gasteiger partial charge in [0.15, 0.2) is 0 Å². The number of ether oxygens (including phenoxy) is 3. The highest BCUT2D eigenvalue weighted by atomic mass is 32.1. The normalized spacial score (nSPS) is 18.3. The molecule has 2 N–H and O–H groups in total. The minimum atomic E-state index is -1.31. The summed E-state index contributed by atoms with van der Waals surface area (Å²) in [6.07, 6.45) is 5.61. The van der Waals surface area contributed by atoms with Crippen molar-refractivity contribution in [2.45, 2.75) is 148 Å². The summed E-state index contributed by atoms with van der Waals surface area (Å²) in [6, 6.07) is 7.06. The molecule has 66 heavy (non-hydrogen) atoms. The number of likely N-dealkylation sites (tertiary alicyclic amines) is 1. The van der Waals surface area contributed by atoms with Gasteiger partial charge in [-0.1, -0.05) is 90.0 Å². The predicted octanol–water partition coefficient (Wildman–Crippen LogP) is 4.47. The van der Waals surface area contributed by atoms with Crippen molar-refractivity contribution in [2.24, 2.45) is 17.8 Å². The standard InChI is InChI=1S/C49H76N6O10S/c1-13-32(4)43(52(8)46(60)42(31(2)3)51-48(62)49(6,7)53(9)38(56)24-18-15-19-27-55-39(57)25-26-40(55)58)37(63-10)30-41(59)54-28-20-23-36(54)44(64-11)33(5)45(66)50-35(47(61)65-12)29-34-21-16-14-17-22-34/h14,16-17,21-22,25-26,31-33,35-37,42-44H,13,15,18-20,23-24,27-30H2,1-12H3,(H,50,66)(H,51,62)/t32-,33+,35-,36-,37+,42-,43-,44+/m0/s1. The molecule has 0 aliphatic carbocycles. The quantitative estimate of drug-likeness (QED) is 0.0576. The number of methoxy groups -OCH3 is 3. The highest BCUT2D eigenvalue weighted by Gasteiger charge is 2.44. The SMILES string of the molecule is CC[C@H](C)[C@@H]([C@@H](CC(=O)N1CCC[C@H]1[C@H](OC)[C@@H](C)C(=S)N[C@@H](Cc1ccccc1)C(=O)OC)OC)N(C)C(=O)[C@@H](NC(=O)C(C)(C)N(C)C(=O)CCCCCN1C(=O)C=CC1=O)C(C)C. The first-order valence-corrected chi connectivity index (χ1v) is 23.7. The van der Waals surface area contributed by atoms with Gasteiger partial charge in [0.05, 0.1) is 42.8 Å². The number of hydrogen-bond acceptors (Lipinski definition) is 11. The molecule has 0 aromatic heterocycles. The number of esters is 1. The molecule has 16 nitrogen and oxygen atoms in total. The van der Waals surface area contributed by atoms with Crippen LogP contribution >= 0.6 is 12.2 Å². The third-order valence-electron chi connectivity index (χ3n) is 13.5. The molecule has 3 rings (SSSR count). The van der Waals surface area contributed by atoms with Gasteiger partial charge in [0.2, 0.25) is 23.6 Å². The second-order valence-corrected chi connectivity index (χ2v) is 19.0. The Morgan fingerprint density at radius 2 is 1.55 bits per heavy atom. The van der Waals surface area contributed by atoms with E-state index in [0.717, 1.165) is 12.0 Å². The average molecular weight is 941 g/mol. The Balaban J connectivity index is 1.70. The molecule has 2 aliphatic rings. The van der Waals surface area contributed by atoms with E-state index in [-0.39, 0.29) is 72.7 Å². The second kappa shape index (κ2) is 26.0. The number of imide groups is 1. The van der Waals surface area contributed by atoms with Crippen LogP contribution in [0.1, 0.15) is 105 Å². The van der Waals surface area contributed by atoms with Gasteiger partial charge in [0, 0.05) is 72.3 Å². The molecule has 0 saturated carbocycles. The lowest BCUT2D eigenvalue weighted by atomic mass is 9.89. The van der Waals surface area contributed by atoms with Crippen LogP contribution < -0.4 is 10.6 Å². The fourth-order valence-electron chi connectivity index (χ4n) is 8.85. The Bertz CT molecular complexity index is 1860. The van der Waals surface area contributed by atoms with Gasteiger partial charge in [-0.05, 0) is 56.9 Å². The summed E-state index contributed by atoms with van der Waals surface area (Å²) >= 11 is 5.87. The molecule has 2 heterocycles. The molecule has 1 aromatic carbocycles. The maximum Gasteiger partial charge on any atom is 0.328 e. The van der Waals surface area contributed by atoms with Gasteiger partial charge >= 0.3 is 5.97 Å². The number of carbonyl (C=O) groups excluding carboxylic acids is 7. The summed E-state index contributed by atoms with van der Waals surface area (Å²) in [6.45, 7) is 13.7. The summed E-state index contributed by atoms with van der Waals surface area (Å²) in [5.41, 5.74) is -0.365. The van der Waals surface area contributed by atoms with Gasteiger partial charge in [0.25, 0.3) is 11.8 Å². The van der Waals surface area contributed by atoms with Crippen LogP contribution in [-0.4, -0.2) is 156 Å². The predicted molar refractivity (Wildman–Crippen MR) is 256 cm³/mol. The zero-order valence-electron chi connectivity index (χ0n) is 41.3. The number of rotatable bonds is 26. The number of amides is 6. The van der Waals surface area contributed by atoms with Crippen LogP contribution in [0.4, 0.5) is 0 Å². The molecule has 1 aromatic rings. The van der Waals surface area contributed by atoms with Gasteiger partial charge in [-0.25, -0.2) is 4.79 Å². The van der Waals surface area contributed by atoms with Crippen molar-refractivity contribution < 1.29 is 47.8 Å². The van der Waals surface area contributed by atoms with E-state index in [1.807, 2.05) is 69.9 Å². The Hall–Kier alpha value is -4.74. The zero-order chi connectivity index (χ0) is 49.5. The van der Waals surface area contributed by atoms with Gasteiger partial charge in [-0.15, -0.1) is 0 Å². The lowest BCUT2D eigenvalue weighted by Gasteiger charge is -2.41. The van der Waals surface area contributed by atoms with E-state index in [0.29, 0.717) is 50.1 Å². The number of likely N-dealkylation sites (N-methyl/N-ethyl adjacent to an activating group) is 2. The number of thiocarbonyl (C=S) groups is 1. The highest BCUT2D eigenvalue weighted by Crippen LogP contribution is 2.30. The van der Waals surface area contributed by atoms with Crippen LogP contribution in [-0.2, 0) is 54.2 Å². The van der Waals surface area contributed by atoms with Crippen LogP contribution in [0.3, 0.4) is 0 Å². The van der Waals surface area contributed by atoms with Crippen molar-refractivity contribution in [3.05, 3.63) is 48.0 Å². The van der Waals surface area contributed by atoms with Crippen molar-refractivity contribution in [3.8, 4) is 0 Å². The largest absolute Gasteiger partial charge is 0.467 e. The smallest absolute Gasteiger partial charge is 0.328 e. The monoisotopic (exact) mass is 941 g/mol. The van der Waals surface area contributed by atoms with Crippen molar-refractivity contribution in [1.29, 1.82) is 0 Å². The first-order chi connectivity index (χ1) is 31.2. The maximum atomic E-state index is 14.5. The molecular weight excluding hydrogens is 865 g/mol. The number of hydrogen-bond donors (Lipinski definition) is 2. The zero-order valence-corrected chi connectivity index (χ0v) is 42.1. The molecule has 0 unspecified atom stereocenters. The maximum absolute atomic E-state index is 14.5. The van der Waals surface area contributed by atoms with Gasteiger partial charge in [0.1, 0.15) is 17.6 Å². The fourth-order valence-corrected chi connectivity index (χ4v) is 9.13. The van der Waals surface area contributed by atoms with Crippen molar-refractivity contribution >= 4 is 58.6 Å². The van der Waals surface area contributed by atoms with Crippen molar-refractivity contribution in [1.82, 2.24) is 30.2 Å². The minimum Gasteiger partial charge on any atom is -0.467 e. The fraction of sp³-hybridized carbons (Fsp3) is 0.673. The third-order valence-corrected chi connectivity index (χ3v) is 14.0. The average Bonchev–Trinajstić information content (AvgIpc) is 3.91. The summed E-state index contributed by atoms with van der Waals surface area (Å²) in [5, 5.41) is 6.17. The summed E-state index contributed by atoms with van der Waals surface area (Å²) < 4.78 is 17.2. The number of nitrogens with zero attached hydrogens (tertiary/aromatic N) is 4. The molecule has 0 spiro atoms. The molecule has 1 fully saturated rings. The molecule has 0 bridgehead atoms.